The van der Waals surface area contributed by atoms with Gasteiger partial charge < -0.3 is 4.90 Å². The number of thioether (sulfide) groups is 1. The van der Waals surface area contributed by atoms with Gasteiger partial charge >= 0.3 is 0 Å². The molecule has 1 aromatic rings. The first kappa shape index (κ1) is 11.2. The summed E-state index contributed by atoms with van der Waals surface area (Å²) in [6, 6.07) is 1.44. The van der Waals surface area contributed by atoms with E-state index in [1.807, 2.05) is 0 Å². The Morgan fingerprint density at radius 1 is 1.62 bits per heavy atom. The molecule has 2 rings (SSSR count). The summed E-state index contributed by atoms with van der Waals surface area (Å²) >= 11 is 1.73. The zero-order chi connectivity index (χ0) is 11.5. The van der Waals surface area contributed by atoms with Gasteiger partial charge in [0.25, 0.3) is 5.56 Å². The molecule has 0 aliphatic carbocycles. The molecular formula is C10H13N3O2S. The first-order valence-corrected chi connectivity index (χ1v) is 6.21. The average molecular weight is 239 g/mol. The van der Waals surface area contributed by atoms with Crippen molar-refractivity contribution in [3.05, 3.63) is 28.4 Å². The molecule has 0 aromatic carbocycles. The number of hydrogen-bond donors (Lipinski definition) is 0. The third-order valence-electron chi connectivity index (χ3n) is 2.43. The summed E-state index contributed by atoms with van der Waals surface area (Å²) in [4.78, 5) is 29.1. The summed E-state index contributed by atoms with van der Waals surface area (Å²) in [5, 5.41) is 0. The number of hydrogen-bond acceptors (Lipinski definition) is 4. The smallest absolute Gasteiger partial charge is 0.253 e. The number of carbonyl (C=O) groups is 1. The zero-order valence-corrected chi connectivity index (χ0v) is 9.87. The Balaban J connectivity index is 2.08. The van der Waals surface area contributed by atoms with Gasteiger partial charge in [-0.1, -0.05) is 0 Å². The maximum atomic E-state index is 11.8. The van der Waals surface area contributed by atoms with Crippen LogP contribution in [0.3, 0.4) is 0 Å². The Morgan fingerprint density at radius 3 is 3.06 bits per heavy atom. The second-order valence-electron chi connectivity index (χ2n) is 3.69. The van der Waals surface area contributed by atoms with Crippen LogP contribution in [0.25, 0.3) is 0 Å². The van der Waals surface area contributed by atoms with Crippen molar-refractivity contribution < 1.29 is 4.79 Å². The van der Waals surface area contributed by atoms with Crippen molar-refractivity contribution in [1.29, 1.82) is 0 Å². The molecule has 6 heteroatoms. The molecular weight excluding hydrogens is 226 g/mol. The largest absolute Gasteiger partial charge is 0.331 e. The predicted molar refractivity (Wildman–Crippen MR) is 62.3 cm³/mol. The van der Waals surface area contributed by atoms with E-state index in [1.165, 1.54) is 17.0 Å². The molecule has 0 unspecified atom stereocenters. The molecule has 0 atom stereocenters. The summed E-state index contributed by atoms with van der Waals surface area (Å²) in [6.45, 7) is 2.62. The Bertz CT molecular complexity index is 452. The van der Waals surface area contributed by atoms with Crippen LogP contribution in [0.4, 0.5) is 0 Å². The Labute approximate surface area is 97.5 Å². The SMILES string of the molecule is Cc1cc(=O)n(CC(=O)N2CCSC2)cn1. The van der Waals surface area contributed by atoms with Gasteiger partial charge in [-0.05, 0) is 6.92 Å². The van der Waals surface area contributed by atoms with Crippen LogP contribution < -0.4 is 5.56 Å². The van der Waals surface area contributed by atoms with Crippen molar-refractivity contribution in [2.24, 2.45) is 0 Å². The zero-order valence-electron chi connectivity index (χ0n) is 9.05. The summed E-state index contributed by atoms with van der Waals surface area (Å²) < 4.78 is 1.35. The molecule has 16 heavy (non-hydrogen) atoms. The lowest BCUT2D eigenvalue weighted by Crippen LogP contribution is -2.34. The van der Waals surface area contributed by atoms with E-state index in [9.17, 15) is 9.59 Å². The van der Waals surface area contributed by atoms with Gasteiger partial charge in [-0.15, -0.1) is 11.8 Å². The van der Waals surface area contributed by atoms with E-state index < -0.39 is 0 Å². The van der Waals surface area contributed by atoms with Crippen molar-refractivity contribution in [3.63, 3.8) is 0 Å². The summed E-state index contributed by atoms with van der Waals surface area (Å²) in [5.41, 5.74) is 0.498. The van der Waals surface area contributed by atoms with E-state index >= 15 is 0 Å². The van der Waals surface area contributed by atoms with E-state index in [0.717, 1.165) is 18.2 Å². The van der Waals surface area contributed by atoms with Gasteiger partial charge in [0.15, 0.2) is 0 Å². The minimum atomic E-state index is -0.173. The number of rotatable bonds is 2. The van der Waals surface area contributed by atoms with E-state index in [-0.39, 0.29) is 18.0 Å². The van der Waals surface area contributed by atoms with Crippen molar-refractivity contribution in [1.82, 2.24) is 14.5 Å². The molecule has 0 N–H and O–H groups in total. The Morgan fingerprint density at radius 2 is 2.44 bits per heavy atom. The molecule has 1 amide bonds. The van der Waals surface area contributed by atoms with Crippen LogP contribution in [0.15, 0.2) is 17.2 Å². The molecule has 5 nitrogen and oxygen atoms in total. The van der Waals surface area contributed by atoms with Crippen LogP contribution in [0, 0.1) is 6.92 Å². The lowest BCUT2D eigenvalue weighted by molar-refractivity contribution is -0.130. The van der Waals surface area contributed by atoms with E-state index in [0.29, 0.717) is 5.69 Å². The molecule has 0 bridgehead atoms. The van der Waals surface area contributed by atoms with Crippen LogP contribution in [0.5, 0.6) is 0 Å². The molecule has 1 aliphatic heterocycles. The second-order valence-corrected chi connectivity index (χ2v) is 4.77. The Hall–Kier alpha value is -1.30. The molecule has 2 heterocycles. The summed E-state index contributed by atoms with van der Waals surface area (Å²) in [6.07, 6.45) is 1.43. The van der Waals surface area contributed by atoms with Gasteiger partial charge in [-0.2, -0.15) is 0 Å². The standard InChI is InChI=1S/C10H13N3O2S/c1-8-4-9(14)13(6-11-8)5-10(15)12-2-3-16-7-12/h4,6H,2-3,5,7H2,1H3. The number of carbonyl (C=O) groups excluding carboxylic acids is 1. The van der Waals surface area contributed by atoms with Crippen LogP contribution in [0.1, 0.15) is 5.69 Å². The van der Waals surface area contributed by atoms with Crippen molar-refractivity contribution in [2.45, 2.75) is 13.5 Å². The third kappa shape index (κ3) is 2.44. The highest BCUT2D eigenvalue weighted by Crippen LogP contribution is 2.13. The number of nitrogens with zero attached hydrogens (tertiary/aromatic N) is 3. The number of aromatic nitrogens is 2. The van der Waals surface area contributed by atoms with E-state index in [4.69, 9.17) is 0 Å². The predicted octanol–water partition coefficient (Wildman–Crippen LogP) is 0.0846. The lowest BCUT2D eigenvalue weighted by atomic mass is 10.4. The fourth-order valence-corrected chi connectivity index (χ4v) is 2.46. The fraction of sp³-hybridized carbons (Fsp3) is 0.500. The maximum Gasteiger partial charge on any atom is 0.253 e. The van der Waals surface area contributed by atoms with Gasteiger partial charge in [-0.25, -0.2) is 4.98 Å². The number of amides is 1. The van der Waals surface area contributed by atoms with Gasteiger partial charge in [-0.3, -0.25) is 14.2 Å². The van der Waals surface area contributed by atoms with Crippen molar-refractivity contribution in [2.75, 3.05) is 18.2 Å². The normalized spacial score (nSPS) is 15.4. The fourth-order valence-electron chi connectivity index (χ4n) is 1.49. The van der Waals surface area contributed by atoms with Crippen molar-refractivity contribution >= 4 is 17.7 Å². The first-order valence-electron chi connectivity index (χ1n) is 5.05. The lowest BCUT2D eigenvalue weighted by Gasteiger charge is -2.14. The van der Waals surface area contributed by atoms with Gasteiger partial charge in [0.1, 0.15) is 6.54 Å². The monoisotopic (exact) mass is 239 g/mol. The van der Waals surface area contributed by atoms with Gasteiger partial charge in [0.2, 0.25) is 5.91 Å². The highest BCUT2D eigenvalue weighted by Gasteiger charge is 2.18. The summed E-state index contributed by atoms with van der Waals surface area (Å²) in [5.74, 6) is 1.69. The van der Waals surface area contributed by atoms with Crippen LogP contribution in [-0.2, 0) is 11.3 Å². The molecule has 0 radical (unpaired) electrons. The molecule has 0 spiro atoms. The Kier molecular flexibility index (Phi) is 3.28. The highest BCUT2D eigenvalue weighted by molar-refractivity contribution is 7.99. The van der Waals surface area contributed by atoms with Gasteiger partial charge in [0, 0.05) is 24.1 Å². The van der Waals surface area contributed by atoms with Gasteiger partial charge in [0.05, 0.1) is 12.2 Å². The molecule has 1 fully saturated rings. The van der Waals surface area contributed by atoms with Crippen molar-refractivity contribution in [3.8, 4) is 0 Å². The molecule has 1 aromatic heterocycles. The summed E-state index contributed by atoms with van der Waals surface area (Å²) in [7, 11) is 0. The van der Waals surface area contributed by atoms with Crippen LogP contribution >= 0.6 is 11.8 Å². The average Bonchev–Trinajstić information content (AvgIpc) is 2.75. The topological polar surface area (TPSA) is 55.2 Å². The highest BCUT2D eigenvalue weighted by atomic mass is 32.2. The molecule has 86 valence electrons. The molecule has 1 saturated heterocycles. The molecule has 1 aliphatic rings. The van der Waals surface area contributed by atoms with Crippen LogP contribution in [0.2, 0.25) is 0 Å². The molecule has 0 saturated carbocycles. The minimum Gasteiger partial charge on any atom is -0.331 e. The number of aryl methyl sites for hydroxylation is 1. The quantitative estimate of drug-likeness (QED) is 0.733. The second kappa shape index (κ2) is 4.69. The first-order chi connectivity index (χ1) is 7.66. The minimum absolute atomic E-state index is 0.0160. The van der Waals surface area contributed by atoms with E-state index in [1.54, 1.807) is 23.6 Å². The third-order valence-corrected chi connectivity index (χ3v) is 3.39. The van der Waals surface area contributed by atoms with E-state index in [2.05, 4.69) is 4.98 Å². The van der Waals surface area contributed by atoms with Crippen LogP contribution in [-0.4, -0.2) is 38.5 Å². The maximum absolute atomic E-state index is 11.8.